The summed E-state index contributed by atoms with van der Waals surface area (Å²) in [6, 6.07) is 6.59. The van der Waals surface area contributed by atoms with Crippen molar-refractivity contribution in [3.63, 3.8) is 0 Å². The fraction of sp³-hybridized carbons (Fsp3) is 0.500. The Labute approximate surface area is 160 Å². The maximum Gasteiger partial charge on any atom is 0.194 e. The predicted octanol–water partition coefficient (Wildman–Crippen LogP) is 5.29. The molecule has 2 heterocycles. The number of nitrogens with two attached hydrogens (primary N) is 1. The Morgan fingerprint density at radius 2 is 2.04 bits per heavy atom. The minimum atomic E-state index is 0.366. The van der Waals surface area contributed by atoms with Crippen molar-refractivity contribution in [1.29, 1.82) is 0 Å². The number of hydrogen-bond acceptors (Lipinski definition) is 3. The van der Waals surface area contributed by atoms with E-state index in [0.29, 0.717) is 12.0 Å². The molecule has 0 saturated heterocycles. The van der Waals surface area contributed by atoms with Gasteiger partial charge in [-0.15, -0.1) is 11.3 Å². The van der Waals surface area contributed by atoms with E-state index in [1.807, 2.05) is 11.3 Å². The zero-order valence-corrected chi connectivity index (χ0v) is 17.3. The van der Waals surface area contributed by atoms with Gasteiger partial charge < -0.3 is 5.73 Å². The van der Waals surface area contributed by atoms with Gasteiger partial charge in [0, 0.05) is 22.7 Å². The molecule has 4 rings (SSSR count). The van der Waals surface area contributed by atoms with Crippen LogP contribution in [0.15, 0.2) is 18.2 Å². The molecule has 4 heteroatoms. The molecule has 1 aromatic carbocycles. The molecule has 1 unspecified atom stereocenters. The third kappa shape index (κ3) is 2.80. The Morgan fingerprint density at radius 1 is 1.27 bits per heavy atom. The lowest BCUT2D eigenvalue weighted by molar-refractivity contribution is 0.216. The van der Waals surface area contributed by atoms with Gasteiger partial charge in [0.15, 0.2) is 4.96 Å². The molecular weight excluding hydrogens is 338 g/mol. The van der Waals surface area contributed by atoms with E-state index < -0.39 is 0 Å². The monoisotopic (exact) mass is 367 g/mol. The van der Waals surface area contributed by atoms with Crippen molar-refractivity contribution in [2.45, 2.75) is 60.4 Å². The van der Waals surface area contributed by atoms with Crippen molar-refractivity contribution in [1.82, 2.24) is 9.38 Å². The van der Waals surface area contributed by atoms with E-state index in [-0.39, 0.29) is 0 Å². The van der Waals surface area contributed by atoms with Crippen LogP contribution in [0.1, 0.15) is 54.6 Å². The van der Waals surface area contributed by atoms with Crippen LogP contribution in [0, 0.1) is 25.2 Å². The zero-order chi connectivity index (χ0) is 18.6. The summed E-state index contributed by atoms with van der Waals surface area (Å²) in [6.45, 7) is 11.9. The molecule has 2 N–H and O–H groups in total. The van der Waals surface area contributed by atoms with Crippen LogP contribution in [0.5, 0.6) is 0 Å². The minimum absolute atomic E-state index is 0.366. The van der Waals surface area contributed by atoms with Gasteiger partial charge in [-0.3, -0.25) is 4.40 Å². The van der Waals surface area contributed by atoms with Crippen LogP contribution in [0.4, 0.5) is 0 Å². The first-order valence-electron chi connectivity index (χ1n) is 9.59. The lowest BCUT2D eigenvalue weighted by atomic mass is 9.73. The topological polar surface area (TPSA) is 43.3 Å². The van der Waals surface area contributed by atoms with E-state index in [2.05, 4.69) is 57.2 Å². The standard InChI is InChI=1S/C22H29N3S/c1-13-6-8-16(14(2)10-13)20-18(12-23)25-17-9-7-15(22(3,4)5)11-19(17)26-21(25)24-20/h6,8,10,15H,7,9,11-12,23H2,1-5H3. The maximum absolute atomic E-state index is 6.21. The van der Waals surface area contributed by atoms with Gasteiger partial charge in [0.25, 0.3) is 0 Å². The van der Waals surface area contributed by atoms with Crippen molar-refractivity contribution in [2.75, 3.05) is 0 Å². The van der Waals surface area contributed by atoms with Crippen molar-refractivity contribution in [3.05, 3.63) is 45.6 Å². The Bertz CT molecular complexity index is 972. The summed E-state index contributed by atoms with van der Waals surface area (Å²) >= 11 is 1.87. The van der Waals surface area contributed by atoms with Crippen LogP contribution in [0.2, 0.25) is 0 Å². The van der Waals surface area contributed by atoms with Crippen molar-refractivity contribution in [2.24, 2.45) is 17.1 Å². The average molecular weight is 368 g/mol. The molecule has 26 heavy (non-hydrogen) atoms. The summed E-state index contributed by atoms with van der Waals surface area (Å²) in [7, 11) is 0. The fourth-order valence-electron chi connectivity index (χ4n) is 4.34. The second-order valence-electron chi connectivity index (χ2n) is 8.83. The molecule has 0 fully saturated rings. The van der Waals surface area contributed by atoms with E-state index in [4.69, 9.17) is 10.7 Å². The Hall–Kier alpha value is -1.65. The van der Waals surface area contributed by atoms with Crippen molar-refractivity contribution in [3.8, 4) is 11.3 Å². The second-order valence-corrected chi connectivity index (χ2v) is 9.89. The number of rotatable bonds is 2. The second kappa shape index (κ2) is 6.21. The highest BCUT2D eigenvalue weighted by Gasteiger charge is 2.32. The van der Waals surface area contributed by atoms with Gasteiger partial charge in [-0.1, -0.05) is 44.5 Å². The molecule has 0 aliphatic heterocycles. The first kappa shape index (κ1) is 17.7. The number of benzene rings is 1. The van der Waals surface area contributed by atoms with Gasteiger partial charge in [-0.2, -0.15) is 0 Å². The molecule has 1 aliphatic carbocycles. The van der Waals surface area contributed by atoms with Crippen LogP contribution in [-0.2, 0) is 19.4 Å². The van der Waals surface area contributed by atoms with E-state index >= 15 is 0 Å². The molecule has 1 aliphatic rings. The average Bonchev–Trinajstić information content (AvgIpc) is 3.08. The van der Waals surface area contributed by atoms with Crippen molar-refractivity contribution >= 4 is 16.3 Å². The molecule has 3 nitrogen and oxygen atoms in total. The molecule has 0 amide bonds. The number of thiazole rings is 1. The largest absolute Gasteiger partial charge is 0.325 e. The lowest BCUT2D eigenvalue weighted by Gasteiger charge is -2.33. The molecule has 0 bridgehead atoms. The number of imidazole rings is 1. The molecule has 2 aromatic heterocycles. The van der Waals surface area contributed by atoms with Crippen LogP contribution in [-0.4, -0.2) is 9.38 Å². The third-order valence-corrected chi connectivity index (χ3v) is 7.07. The van der Waals surface area contributed by atoms with E-state index in [1.165, 1.54) is 45.8 Å². The summed E-state index contributed by atoms with van der Waals surface area (Å²) in [5.41, 5.74) is 14.0. The highest BCUT2D eigenvalue weighted by molar-refractivity contribution is 7.17. The summed E-state index contributed by atoms with van der Waals surface area (Å²) in [5.74, 6) is 0.749. The van der Waals surface area contributed by atoms with Gasteiger partial charge in [0.05, 0.1) is 11.4 Å². The number of aromatic nitrogens is 2. The predicted molar refractivity (Wildman–Crippen MR) is 111 cm³/mol. The molecule has 0 radical (unpaired) electrons. The van der Waals surface area contributed by atoms with Gasteiger partial charge in [-0.05, 0) is 50.0 Å². The van der Waals surface area contributed by atoms with Crippen LogP contribution >= 0.6 is 11.3 Å². The van der Waals surface area contributed by atoms with Crippen LogP contribution in [0.3, 0.4) is 0 Å². The summed E-state index contributed by atoms with van der Waals surface area (Å²) < 4.78 is 2.37. The van der Waals surface area contributed by atoms with Crippen molar-refractivity contribution < 1.29 is 0 Å². The summed E-state index contributed by atoms with van der Waals surface area (Å²) in [5, 5.41) is 0. The smallest absolute Gasteiger partial charge is 0.194 e. The molecule has 0 spiro atoms. The third-order valence-electron chi connectivity index (χ3n) is 5.96. The number of aryl methyl sites for hydroxylation is 3. The van der Waals surface area contributed by atoms with E-state index in [9.17, 15) is 0 Å². The van der Waals surface area contributed by atoms with Crippen LogP contribution in [0.25, 0.3) is 16.2 Å². The Morgan fingerprint density at radius 3 is 2.69 bits per heavy atom. The summed E-state index contributed by atoms with van der Waals surface area (Å²) in [4.78, 5) is 7.66. The number of fused-ring (bicyclic) bond motifs is 3. The SMILES string of the molecule is Cc1ccc(-c2nc3sc4c(n3c2CN)CCC(C(C)(C)C)C4)c(C)c1. The first-order valence-corrected chi connectivity index (χ1v) is 10.4. The Kier molecular flexibility index (Phi) is 4.24. The van der Waals surface area contributed by atoms with Gasteiger partial charge >= 0.3 is 0 Å². The van der Waals surface area contributed by atoms with E-state index in [1.54, 1.807) is 0 Å². The maximum atomic E-state index is 6.21. The lowest BCUT2D eigenvalue weighted by Crippen LogP contribution is -2.26. The molecule has 138 valence electrons. The molecular formula is C22H29N3S. The highest BCUT2D eigenvalue weighted by atomic mass is 32.1. The quantitative estimate of drug-likeness (QED) is 0.669. The molecule has 0 saturated carbocycles. The highest BCUT2D eigenvalue weighted by Crippen LogP contribution is 2.42. The fourth-order valence-corrected chi connectivity index (χ4v) is 5.61. The summed E-state index contributed by atoms with van der Waals surface area (Å²) in [6.07, 6.45) is 3.56. The van der Waals surface area contributed by atoms with Gasteiger partial charge in [-0.25, -0.2) is 4.98 Å². The minimum Gasteiger partial charge on any atom is -0.325 e. The first-order chi connectivity index (χ1) is 12.3. The molecule has 1 atom stereocenters. The zero-order valence-electron chi connectivity index (χ0n) is 16.5. The van der Waals surface area contributed by atoms with E-state index in [0.717, 1.165) is 23.0 Å². The number of nitrogens with zero attached hydrogens (tertiary/aromatic N) is 2. The normalized spacial score (nSPS) is 17.7. The molecule has 3 aromatic rings. The van der Waals surface area contributed by atoms with Gasteiger partial charge in [0.2, 0.25) is 0 Å². The Balaban J connectivity index is 1.84. The van der Waals surface area contributed by atoms with Gasteiger partial charge in [0.1, 0.15) is 0 Å². The van der Waals surface area contributed by atoms with Crippen LogP contribution < -0.4 is 5.73 Å². The number of hydrogen-bond donors (Lipinski definition) is 1.